The zero-order valence-corrected chi connectivity index (χ0v) is 7.41. The molecule has 0 radical (unpaired) electrons. The first-order valence-corrected chi connectivity index (χ1v) is 4.66. The van der Waals surface area contributed by atoms with Gasteiger partial charge in [-0.15, -0.1) is 0 Å². The molecule has 0 bridgehead atoms. The zero-order chi connectivity index (χ0) is 11.1. The van der Waals surface area contributed by atoms with Crippen LogP contribution in [-0.4, -0.2) is 17.9 Å². The van der Waals surface area contributed by atoms with Crippen LogP contribution >= 0.6 is 8.16 Å². The summed E-state index contributed by atoms with van der Waals surface area (Å²) in [6, 6.07) is 0. The van der Waals surface area contributed by atoms with Crippen molar-refractivity contribution in [2.45, 2.75) is 13.3 Å². The van der Waals surface area contributed by atoms with Gasteiger partial charge in [-0.05, 0) is 6.42 Å². The molecule has 0 spiro atoms. The van der Waals surface area contributed by atoms with Gasteiger partial charge in [0.2, 0.25) is 0 Å². The Hall–Kier alpha value is -0.650. The van der Waals surface area contributed by atoms with Gasteiger partial charge in [-0.1, -0.05) is 6.92 Å². The second kappa shape index (κ2) is 5.16. The van der Waals surface area contributed by atoms with E-state index in [2.05, 4.69) is 4.74 Å². The van der Waals surface area contributed by atoms with Gasteiger partial charge in [0.05, 0.1) is 6.61 Å². The monoisotopic (exact) mass is 230 g/mol. The van der Waals surface area contributed by atoms with Crippen molar-refractivity contribution in [3.8, 4) is 0 Å². The average molecular weight is 230 g/mol. The molecular weight excluding hydrogens is 222 g/mol. The quantitative estimate of drug-likeness (QED) is 0.442. The topological polar surface area (TPSA) is 46.5 Å². The molecule has 0 aliphatic carbocycles. The van der Waals surface area contributed by atoms with Gasteiger partial charge in [0, 0.05) is 0 Å². The standard InChI is InChI=1S/C4H8O3.F5P/c1-2-3-7-4(5)6;1-6(2,3,4)5/h2-3H2,1H3,(H,5,6);. The summed E-state index contributed by atoms with van der Waals surface area (Å²) < 4.78 is 53.3. The number of ether oxygens (including phenoxy) is 1. The number of rotatable bonds is 2. The maximum absolute atomic E-state index is 9.84. The predicted molar refractivity (Wildman–Crippen MR) is 36.7 cm³/mol. The first-order valence-electron chi connectivity index (χ1n) is 2.97. The van der Waals surface area contributed by atoms with Gasteiger partial charge in [0.15, 0.2) is 0 Å². The zero-order valence-electron chi connectivity index (χ0n) is 6.51. The van der Waals surface area contributed by atoms with E-state index in [0.29, 0.717) is 6.61 Å². The van der Waals surface area contributed by atoms with Crippen LogP contribution in [0.5, 0.6) is 0 Å². The van der Waals surface area contributed by atoms with Gasteiger partial charge in [0.1, 0.15) is 0 Å². The van der Waals surface area contributed by atoms with Crippen LogP contribution in [0.25, 0.3) is 0 Å². The third kappa shape index (κ3) is 88.4. The Bertz CT molecular complexity index is 148. The molecule has 0 aromatic heterocycles. The molecule has 0 aromatic rings. The molecule has 0 rings (SSSR count). The maximum atomic E-state index is 9.84. The summed E-state index contributed by atoms with van der Waals surface area (Å²) in [6.45, 7) is 2.15. The number of carbonyl (C=O) groups is 1. The Morgan fingerprint density at radius 3 is 1.69 bits per heavy atom. The van der Waals surface area contributed by atoms with E-state index in [4.69, 9.17) is 5.11 Å². The van der Waals surface area contributed by atoms with E-state index in [9.17, 15) is 25.8 Å². The summed E-state index contributed by atoms with van der Waals surface area (Å²) in [5.74, 6) is 0. The number of carboxylic acid groups (broad SMARTS) is 1. The van der Waals surface area contributed by atoms with Gasteiger partial charge in [-0.25, -0.2) is 4.79 Å². The van der Waals surface area contributed by atoms with Crippen molar-refractivity contribution in [1.29, 1.82) is 0 Å². The Balaban J connectivity index is 0. The fraction of sp³-hybridized carbons (Fsp3) is 0.750. The molecule has 0 unspecified atom stereocenters. The second-order valence-electron chi connectivity index (χ2n) is 1.75. The number of hydrogen-bond acceptors (Lipinski definition) is 2. The van der Waals surface area contributed by atoms with E-state index in [1.165, 1.54) is 0 Å². The molecule has 9 heteroatoms. The molecule has 0 atom stereocenters. The van der Waals surface area contributed by atoms with E-state index in [-0.39, 0.29) is 0 Å². The fourth-order valence-corrected chi connectivity index (χ4v) is 0.189. The summed E-state index contributed by atoms with van der Waals surface area (Å²) in [5.41, 5.74) is 0. The van der Waals surface area contributed by atoms with Gasteiger partial charge in [-0.3, -0.25) is 0 Å². The molecule has 0 heterocycles. The molecule has 0 saturated carbocycles. The Kier molecular flexibility index (Phi) is 5.90. The Labute approximate surface area is 71.0 Å². The normalized spacial score (nSPS) is 13.2. The Morgan fingerprint density at radius 1 is 1.31 bits per heavy atom. The molecule has 0 aliphatic rings. The third-order valence-electron chi connectivity index (χ3n) is 0.430. The van der Waals surface area contributed by atoms with E-state index in [0.717, 1.165) is 6.42 Å². The molecule has 1 N–H and O–H groups in total. The number of halogens is 5. The van der Waals surface area contributed by atoms with Crippen LogP contribution in [0.15, 0.2) is 0 Å². The van der Waals surface area contributed by atoms with E-state index in [1.54, 1.807) is 0 Å². The summed E-state index contributed by atoms with van der Waals surface area (Å²) >= 11 is 0. The minimum absolute atomic E-state index is 0.301. The van der Waals surface area contributed by atoms with Crippen molar-refractivity contribution in [3.05, 3.63) is 0 Å². The van der Waals surface area contributed by atoms with Gasteiger partial charge < -0.3 is 9.84 Å². The first kappa shape index (κ1) is 14.9. The molecule has 0 aromatic carbocycles. The van der Waals surface area contributed by atoms with Crippen molar-refractivity contribution >= 4 is 14.3 Å². The SMILES string of the molecule is CCCOC(=O)O.FP(F)(F)(F)F. The van der Waals surface area contributed by atoms with E-state index >= 15 is 0 Å². The van der Waals surface area contributed by atoms with Crippen molar-refractivity contribution in [2.75, 3.05) is 6.61 Å². The van der Waals surface area contributed by atoms with Gasteiger partial charge in [-0.2, -0.15) is 0 Å². The van der Waals surface area contributed by atoms with Crippen LogP contribution < -0.4 is 0 Å². The molecular formula is C4H8F5O3P. The van der Waals surface area contributed by atoms with Gasteiger partial charge >= 0.3 is 35.3 Å². The van der Waals surface area contributed by atoms with Crippen molar-refractivity contribution < 1.29 is 35.6 Å². The van der Waals surface area contributed by atoms with Crippen LogP contribution in [0.3, 0.4) is 0 Å². The van der Waals surface area contributed by atoms with Crippen LogP contribution in [-0.2, 0) is 4.74 Å². The Morgan fingerprint density at radius 2 is 1.62 bits per heavy atom. The molecule has 0 fully saturated rings. The van der Waals surface area contributed by atoms with Gasteiger partial charge in [0.25, 0.3) is 0 Å². The molecule has 0 saturated heterocycles. The predicted octanol–water partition coefficient (Wildman–Crippen LogP) is 4.05. The van der Waals surface area contributed by atoms with Crippen molar-refractivity contribution in [1.82, 2.24) is 0 Å². The van der Waals surface area contributed by atoms with Crippen molar-refractivity contribution in [3.63, 3.8) is 0 Å². The minimum atomic E-state index is -8.55. The summed E-state index contributed by atoms with van der Waals surface area (Å²) in [5, 5.41) is 7.82. The number of hydrogen-bond donors (Lipinski definition) is 1. The van der Waals surface area contributed by atoms with E-state index in [1.807, 2.05) is 6.92 Å². The molecule has 13 heavy (non-hydrogen) atoms. The fourth-order valence-electron chi connectivity index (χ4n) is 0.189. The van der Waals surface area contributed by atoms with E-state index < -0.39 is 14.3 Å². The van der Waals surface area contributed by atoms with Crippen LogP contribution in [0.1, 0.15) is 13.3 Å². The summed E-state index contributed by atoms with van der Waals surface area (Å²) in [7, 11) is -8.55. The molecule has 3 nitrogen and oxygen atoms in total. The third-order valence-corrected chi connectivity index (χ3v) is 0.430. The van der Waals surface area contributed by atoms with Crippen molar-refractivity contribution in [2.24, 2.45) is 0 Å². The average Bonchev–Trinajstić information content (AvgIpc) is 1.77. The van der Waals surface area contributed by atoms with Crippen LogP contribution in [0.4, 0.5) is 25.8 Å². The summed E-state index contributed by atoms with van der Waals surface area (Å²) in [6.07, 6.45) is -0.450. The van der Waals surface area contributed by atoms with Crippen LogP contribution in [0, 0.1) is 0 Å². The molecule has 0 amide bonds. The molecule has 0 aliphatic heterocycles. The first-order chi connectivity index (χ1) is 5.51. The summed E-state index contributed by atoms with van der Waals surface area (Å²) in [4.78, 5) is 9.54. The second-order valence-corrected chi connectivity index (χ2v) is 3.03. The van der Waals surface area contributed by atoms with Crippen LogP contribution in [0.2, 0.25) is 0 Å². The molecule has 82 valence electrons.